The van der Waals surface area contributed by atoms with Gasteiger partial charge >= 0.3 is 0 Å². The van der Waals surface area contributed by atoms with Crippen LogP contribution in [-0.4, -0.2) is 34.9 Å². The third-order valence-corrected chi connectivity index (χ3v) is 6.36. The fourth-order valence-corrected chi connectivity index (χ4v) is 4.74. The van der Waals surface area contributed by atoms with E-state index in [-0.39, 0.29) is 23.3 Å². The van der Waals surface area contributed by atoms with E-state index in [0.717, 1.165) is 19.3 Å². The zero-order valence-electron chi connectivity index (χ0n) is 17.0. The quantitative estimate of drug-likeness (QED) is 0.466. The molecule has 156 valence electrons. The van der Waals surface area contributed by atoms with E-state index in [9.17, 15) is 9.59 Å². The number of carbonyl (C=O) groups excluding carboxylic acids is 1. The molecule has 7 heteroatoms. The van der Waals surface area contributed by atoms with Crippen LogP contribution < -0.4 is 10.9 Å². The van der Waals surface area contributed by atoms with Gasteiger partial charge in [0.15, 0.2) is 5.16 Å². The first-order chi connectivity index (χ1) is 14.7. The predicted molar refractivity (Wildman–Crippen MR) is 119 cm³/mol. The monoisotopic (exact) mass is 423 g/mol. The summed E-state index contributed by atoms with van der Waals surface area (Å²) in [5.74, 6) is 0.151. The van der Waals surface area contributed by atoms with E-state index < -0.39 is 0 Å². The molecule has 1 N–H and O–H groups in total. The molecule has 1 aliphatic carbocycles. The number of nitrogens with zero attached hydrogens (tertiary/aromatic N) is 2. The van der Waals surface area contributed by atoms with Crippen molar-refractivity contribution in [3.63, 3.8) is 0 Å². The smallest absolute Gasteiger partial charge is 0.262 e. The number of para-hydroxylation sites is 1. The molecule has 0 fully saturated rings. The molecular formula is C23H25N3O3S. The van der Waals surface area contributed by atoms with Crippen LogP contribution in [0.15, 0.2) is 58.5 Å². The first-order valence-corrected chi connectivity index (χ1v) is 11.1. The molecule has 1 atom stereocenters. The summed E-state index contributed by atoms with van der Waals surface area (Å²) >= 11 is 1.29. The van der Waals surface area contributed by atoms with Gasteiger partial charge in [-0.05, 0) is 42.5 Å². The molecule has 30 heavy (non-hydrogen) atoms. The number of hydrogen-bond acceptors (Lipinski definition) is 5. The zero-order chi connectivity index (χ0) is 20.9. The fourth-order valence-electron chi connectivity index (χ4n) is 3.91. The SMILES string of the molecule is COCCn1c(SCC(=O)N[C@@H]2CCCc3ccccc32)nc2ccccc2c1=O. The van der Waals surface area contributed by atoms with Gasteiger partial charge in [0.2, 0.25) is 5.91 Å². The van der Waals surface area contributed by atoms with Crippen molar-refractivity contribution >= 4 is 28.6 Å². The Labute approximate surface area is 179 Å². The molecule has 1 aromatic heterocycles. The van der Waals surface area contributed by atoms with Crippen molar-refractivity contribution in [3.8, 4) is 0 Å². The lowest BCUT2D eigenvalue weighted by atomic mass is 9.88. The van der Waals surface area contributed by atoms with Gasteiger partial charge in [-0.25, -0.2) is 4.98 Å². The molecule has 3 aromatic rings. The van der Waals surface area contributed by atoms with Gasteiger partial charge in [0.05, 0.1) is 35.8 Å². The number of benzene rings is 2. The molecule has 0 saturated carbocycles. The van der Waals surface area contributed by atoms with E-state index in [1.165, 1.54) is 22.9 Å². The normalized spacial score (nSPS) is 15.7. The minimum Gasteiger partial charge on any atom is -0.383 e. The minimum absolute atomic E-state index is 0.0447. The number of aromatic nitrogens is 2. The molecule has 6 nitrogen and oxygen atoms in total. The summed E-state index contributed by atoms with van der Waals surface area (Å²) in [5, 5.41) is 4.27. The molecule has 0 saturated heterocycles. The standard InChI is InChI=1S/C23H25N3O3S/c1-29-14-13-26-22(28)18-10-4-5-11-20(18)25-23(26)30-15-21(27)24-19-12-6-8-16-7-2-3-9-17(16)19/h2-5,7,9-11,19H,6,8,12-15H2,1H3,(H,24,27)/t19-/m1/s1. The summed E-state index contributed by atoms with van der Waals surface area (Å²) in [5.41, 5.74) is 3.05. The number of nitrogens with one attached hydrogen (secondary N) is 1. The molecule has 1 amide bonds. The van der Waals surface area contributed by atoms with Crippen LogP contribution in [0.2, 0.25) is 0 Å². The molecule has 0 spiro atoms. The average Bonchev–Trinajstić information content (AvgIpc) is 2.77. The van der Waals surface area contributed by atoms with Crippen LogP contribution in [0.25, 0.3) is 10.9 Å². The number of amides is 1. The molecule has 4 rings (SSSR count). The van der Waals surface area contributed by atoms with Gasteiger partial charge in [-0.3, -0.25) is 14.2 Å². The number of aryl methyl sites for hydroxylation is 1. The van der Waals surface area contributed by atoms with Crippen molar-refractivity contribution in [2.45, 2.75) is 37.0 Å². The van der Waals surface area contributed by atoms with Crippen LogP contribution >= 0.6 is 11.8 Å². The van der Waals surface area contributed by atoms with Crippen LogP contribution in [0.4, 0.5) is 0 Å². The fraction of sp³-hybridized carbons (Fsp3) is 0.348. The second-order valence-electron chi connectivity index (χ2n) is 7.36. The van der Waals surface area contributed by atoms with E-state index in [1.54, 1.807) is 17.7 Å². The predicted octanol–water partition coefficient (Wildman–Crippen LogP) is 3.33. The van der Waals surface area contributed by atoms with Crippen LogP contribution in [0, 0.1) is 0 Å². The number of methoxy groups -OCH3 is 1. The van der Waals surface area contributed by atoms with E-state index in [2.05, 4.69) is 22.4 Å². The largest absolute Gasteiger partial charge is 0.383 e. The van der Waals surface area contributed by atoms with Gasteiger partial charge in [0, 0.05) is 7.11 Å². The minimum atomic E-state index is -0.109. The topological polar surface area (TPSA) is 73.2 Å². The maximum Gasteiger partial charge on any atom is 0.262 e. The van der Waals surface area contributed by atoms with Gasteiger partial charge in [-0.1, -0.05) is 48.2 Å². The van der Waals surface area contributed by atoms with E-state index in [4.69, 9.17) is 4.74 Å². The lowest BCUT2D eigenvalue weighted by Gasteiger charge is -2.26. The van der Waals surface area contributed by atoms with E-state index in [0.29, 0.717) is 29.2 Å². The average molecular weight is 424 g/mol. The van der Waals surface area contributed by atoms with Gasteiger partial charge in [0.25, 0.3) is 5.56 Å². The Hall–Kier alpha value is -2.64. The van der Waals surface area contributed by atoms with E-state index >= 15 is 0 Å². The van der Waals surface area contributed by atoms with Crippen LogP contribution in [0.3, 0.4) is 0 Å². The number of hydrogen-bond donors (Lipinski definition) is 1. The molecule has 0 radical (unpaired) electrons. The summed E-state index contributed by atoms with van der Waals surface area (Å²) in [6.45, 7) is 0.797. The summed E-state index contributed by atoms with van der Waals surface area (Å²) < 4.78 is 6.75. The van der Waals surface area contributed by atoms with Crippen molar-refractivity contribution in [2.24, 2.45) is 0 Å². The molecule has 1 aliphatic rings. The lowest BCUT2D eigenvalue weighted by Crippen LogP contribution is -2.32. The Morgan fingerprint density at radius 2 is 2.03 bits per heavy atom. The number of thioether (sulfide) groups is 1. The van der Waals surface area contributed by atoms with Crippen molar-refractivity contribution in [3.05, 3.63) is 70.0 Å². The highest BCUT2D eigenvalue weighted by molar-refractivity contribution is 7.99. The van der Waals surface area contributed by atoms with Crippen LogP contribution in [0.1, 0.15) is 30.0 Å². The van der Waals surface area contributed by atoms with Gasteiger partial charge < -0.3 is 10.1 Å². The maximum absolute atomic E-state index is 12.9. The van der Waals surface area contributed by atoms with Crippen LogP contribution in [-0.2, 0) is 22.5 Å². The zero-order valence-corrected chi connectivity index (χ0v) is 17.8. The maximum atomic E-state index is 12.9. The van der Waals surface area contributed by atoms with Crippen molar-refractivity contribution in [1.82, 2.24) is 14.9 Å². The summed E-state index contributed by atoms with van der Waals surface area (Å²) in [6, 6.07) is 15.6. The Balaban J connectivity index is 1.50. The summed E-state index contributed by atoms with van der Waals surface area (Å²) in [4.78, 5) is 30.2. The number of fused-ring (bicyclic) bond motifs is 2. The Kier molecular flexibility index (Phi) is 6.50. The Morgan fingerprint density at radius 3 is 2.90 bits per heavy atom. The van der Waals surface area contributed by atoms with Crippen molar-refractivity contribution in [1.29, 1.82) is 0 Å². The second-order valence-corrected chi connectivity index (χ2v) is 8.30. The van der Waals surface area contributed by atoms with Gasteiger partial charge in [-0.2, -0.15) is 0 Å². The molecular weight excluding hydrogens is 398 g/mol. The summed E-state index contributed by atoms with van der Waals surface area (Å²) in [6.07, 6.45) is 3.07. The Bertz CT molecular complexity index is 1110. The highest BCUT2D eigenvalue weighted by Crippen LogP contribution is 2.29. The lowest BCUT2D eigenvalue weighted by molar-refractivity contribution is -0.119. The Morgan fingerprint density at radius 1 is 1.23 bits per heavy atom. The molecule has 2 aromatic carbocycles. The highest BCUT2D eigenvalue weighted by Gasteiger charge is 2.22. The number of carbonyl (C=O) groups is 1. The van der Waals surface area contributed by atoms with Gasteiger partial charge in [0.1, 0.15) is 0 Å². The molecule has 0 bridgehead atoms. The molecule has 0 aliphatic heterocycles. The molecule has 0 unspecified atom stereocenters. The molecule has 1 heterocycles. The van der Waals surface area contributed by atoms with E-state index in [1.807, 2.05) is 30.3 Å². The first-order valence-electron chi connectivity index (χ1n) is 10.2. The summed E-state index contributed by atoms with van der Waals surface area (Å²) in [7, 11) is 1.60. The highest BCUT2D eigenvalue weighted by atomic mass is 32.2. The number of rotatable bonds is 7. The first kappa shape index (κ1) is 20.6. The third-order valence-electron chi connectivity index (χ3n) is 5.38. The van der Waals surface area contributed by atoms with Crippen LogP contribution in [0.5, 0.6) is 0 Å². The van der Waals surface area contributed by atoms with Crippen molar-refractivity contribution < 1.29 is 9.53 Å². The second kappa shape index (κ2) is 9.45. The van der Waals surface area contributed by atoms with Crippen molar-refractivity contribution in [2.75, 3.05) is 19.5 Å². The number of ether oxygens (including phenoxy) is 1. The third kappa shape index (κ3) is 4.42. The van der Waals surface area contributed by atoms with Gasteiger partial charge in [-0.15, -0.1) is 0 Å².